The van der Waals surface area contributed by atoms with Gasteiger partial charge in [0.05, 0.1) is 10.6 Å². The van der Waals surface area contributed by atoms with E-state index in [1.54, 1.807) is 7.05 Å². The number of likely N-dealkylation sites (N-methyl/N-ethyl adjacent to an activating group) is 1. The molecule has 5 nitrogen and oxygen atoms in total. The molecule has 0 heterocycles. The number of primary sulfonamides is 1. The van der Waals surface area contributed by atoms with E-state index >= 15 is 0 Å². The normalized spacial score (nSPS) is 11.4. The van der Waals surface area contributed by atoms with Gasteiger partial charge in [0.1, 0.15) is 5.82 Å². The van der Waals surface area contributed by atoms with Gasteiger partial charge in [0.25, 0.3) is 0 Å². The average Bonchev–Trinajstić information content (AvgIpc) is 2.19. The third-order valence-electron chi connectivity index (χ3n) is 1.96. The highest BCUT2D eigenvalue weighted by Gasteiger charge is 2.10. The van der Waals surface area contributed by atoms with Crippen LogP contribution >= 0.6 is 0 Å². The number of benzene rings is 1. The molecule has 0 aromatic heterocycles. The zero-order valence-corrected chi connectivity index (χ0v) is 9.64. The van der Waals surface area contributed by atoms with E-state index in [-0.39, 0.29) is 10.6 Å². The Hall–Kier alpha value is -1.18. The Morgan fingerprint density at radius 2 is 2.06 bits per heavy atom. The van der Waals surface area contributed by atoms with E-state index in [1.807, 2.05) is 0 Å². The van der Waals surface area contributed by atoms with Gasteiger partial charge in [-0.25, -0.2) is 17.9 Å². The van der Waals surface area contributed by atoms with Crippen LogP contribution in [-0.2, 0) is 10.0 Å². The molecule has 0 aliphatic carbocycles. The van der Waals surface area contributed by atoms with Crippen molar-refractivity contribution in [2.45, 2.75) is 4.90 Å². The van der Waals surface area contributed by atoms with Crippen molar-refractivity contribution in [3.8, 4) is 0 Å². The van der Waals surface area contributed by atoms with Crippen LogP contribution in [0.1, 0.15) is 0 Å². The van der Waals surface area contributed by atoms with Gasteiger partial charge < -0.3 is 10.6 Å². The zero-order valence-electron chi connectivity index (χ0n) is 8.83. The van der Waals surface area contributed by atoms with Gasteiger partial charge in [-0.05, 0) is 25.2 Å². The number of sulfonamides is 1. The van der Waals surface area contributed by atoms with E-state index in [1.165, 1.54) is 12.1 Å². The third kappa shape index (κ3) is 3.44. The second-order valence-corrected chi connectivity index (χ2v) is 4.78. The number of nitrogens with one attached hydrogen (secondary N) is 2. The van der Waals surface area contributed by atoms with E-state index in [2.05, 4.69) is 10.6 Å². The summed E-state index contributed by atoms with van der Waals surface area (Å²) >= 11 is 0. The molecule has 0 bridgehead atoms. The Morgan fingerprint density at radius 3 is 2.56 bits per heavy atom. The summed E-state index contributed by atoms with van der Waals surface area (Å²) in [6.45, 7) is 1.22. The van der Waals surface area contributed by atoms with Crippen LogP contribution in [0.15, 0.2) is 23.1 Å². The van der Waals surface area contributed by atoms with Gasteiger partial charge in [-0.1, -0.05) is 0 Å². The van der Waals surface area contributed by atoms with Gasteiger partial charge in [-0.2, -0.15) is 0 Å². The van der Waals surface area contributed by atoms with E-state index in [4.69, 9.17) is 5.14 Å². The predicted molar refractivity (Wildman–Crippen MR) is 60.2 cm³/mol. The van der Waals surface area contributed by atoms with Crippen LogP contribution in [0.2, 0.25) is 0 Å². The molecule has 0 radical (unpaired) electrons. The lowest BCUT2D eigenvalue weighted by molar-refractivity contribution is 0.592. The summed E-state index contributed by atoms with van der Waals surface area (Å²) in [6.07, 6.45) is 0. The molecule has 0 fully saturated rings. The first-order valence-corrected chi connectivity index (χ1v) is 6.20. The minimum absolute atomic E-state index is 0.232. The van der Waals surface area contributed by atoms with Gasteiger partial charge in [0.2, 0.25) is 10.0 Å². The highest BCUT2D eigenvalue weighted by atomic mass is 32.2. The summed E-state index contributed by atoms with van der Waals surface area (Å²) in [5.41, 5.74) is 0.252. The largest absolute Gasteiger partial charge is 0.381 e. The topological polar surface area (TPSA) is 84.2 Å². The molecule has 16 heavy (non-hydrogen) atoms. The Morgan fingerprint density at radius 1 is 1.38 bits per heavy atom. The number of hydrogen-bond donors (Lipinski definition) is 3. The fourth-order valence-electron chi connectivity index (χ4n) is 1.14. The Kier molecular flexibility index (Phi) is 4.22. The van der Waals surface area contributed by atoms with Crippen molar-refractivity contribution in [2.75, 3.05) is 25.5 Å². The first-order chi connectivity index (χ1) is 7.45. The van der Waals surface area contributed by atoms with Gasteiger partial charge in [0.15, 0.2) is 0 Å². The first kappa shape index (κ1) is 12.9. The molecule has 4 N–H and O–H groups in total. The smallest absolute Gasteiger partial charge is 0.238 e. The summed E-state index contributed by atoms with van der Waals surface area (Å²) in [6, 6.07) is 3.52. The predicted octanol–water partition coefficient (Wildman–Crippen LogP) is 0.104. The van der Waals surface area contributed by atoms with Gasteiger partial charge in [0, 0.05) is 13.1 Å². The quantitative estimate of drug-likeness (QED) is 0.644. The van der Waals surface area contributed by atoms with E-state index in [0.29, 0.717) is 13.1 Å². The average molecular weight is 247 g/mol. The first-order valence-electron chi connectivity index (χ1n) is 4.66. The zero-order chi connectivity index (χ0) is 12.2. The summed E-state index contributed by atoms with van der Waals surface area (Å²) in [5, 5.41) is 10.6. The van der Waals surface area contributed by atoms with E-state index < -0.39 is 15.8 Å². The molecular formula is C9H14FN3O2S. The van der Waals surface area contributed by atoms with Crippen molar-refractivity contribution < 1.29 is 12.8 Å². The molecule has 90 valence electrons. The fourth-order valence-corrected chi connectivity index (χ4v) is 1.66. The second-order valence-electron chi connectivity index (χ2n) is 3.22. The molecule has 0 saturated heterocycles. The molecule has 0 saturated carbocycles. The molecule has 0 aliphatic heterocycles. The minimum Gasteiger partial charge on any atom is -0.381 e. The van der Waals surface area contributed by atoms with E-state index in [9.17, 15) is 12.8 Å². The Labute approximate surface area is 93.9 Å². The summed E-state index contributed by atoms with van der Waals surface area (Å²) in [7, 11) is -2.07. The lowest BCUT2D eigenvalue weighted by Crippen LogP contribution is -2.18. The van der Waals surface area contributed by atoms with Crippen LogP contribution in [0.5, 0.6) is 0 Å². The SMILES string of the molecule is CNCCNc1ccc(S(N)(=O)=O)cc1F. The molecule has 0 amide bonds. The molecule has 1 aromatic carbocycles. The number of anilines is 1. The van der Waals surface area contributed by atoms with Crippen molar-refractivity contribution in [1.29, 1.82) is 0 Å². The Bertz CT molecular complexity index is 462. The van der Waals surface area contributed by atoms with Gasteiger partial charge >= 0.3 is 0 Å². The van der Waals surface area contributed by atoms with Crippen LogP contribution in [0.3, 0.4) is 0 Å². The number of halogens is 1. The standard InChI is InChI=1S/C9H14FN3O2S/c1-12-4-5-13-9-3-2-7(6-8(9)10)16(11,14)15/h2-3,6,12-13H,4-5H2,1H3,(H2,11,14,15). The van der Waals surface area contributed by atoms with Crippen LogP contribution in [0.25, 0.3) is 0 Å². The summed E-state index contributed by atoms with van der Waals surface area (Å²) < 4.78 is 35.3. The van der Waals surface area contributed by atoms with Gasteiger partial charge in [-0.3, -0.25) is 0 Å². The second kappa shape index (κ2) is 5.24. The summed E-state index contributed by atoms with van der Waals surface area (Å²) in [5.74, 6) is -0.636. The van der Waals surface area contributed by atoms with Crippen molar-refractivity contribution in [3.05, 3.63) is 24.0 Å². The molecule has 1 aromatic rings. The number of nitrogens with two attached hydrogens (primary N) is 1. The maximum Gasteiger partial charge on any atom is 0.238 e. The molecule has 7 heteroatoms. The Balaban J connectivity index is 2.84. The minimum atomic E-state index is -3.85. The third-order valence-corrected chi connectivity index (χ3v) is 2.87. The number of hydrogen-bond acceptors (Lipinski definition) is 4. The van der Waals surface area contributed by atoms with Crippen molar-refractivity contribution in [3.63, 3.8) is 0 Å². The van der Waals surface area contributed by atoms with Crippen molar-refractivity contribution in [1.82, 2.24) is 5.32 Å². The molecular weight excluding hydrogens is 233 g/mol. The van der Waals surface area contributed by atoms with Crippen molar-refractivity contribution >= 4 is 15.7 Å². The fraction of sp³-hybridized carbons (Fsp3) is 0.333. The molecule has 1 rings (SSSR count). The van der Waals surface area contributed by atoms with E-state index in [0.717, 1.165) is 6.07 Å². The summed E-state index contributed by atoms with van der Waals surface area (Å²) in [4.78, 5) is -0.232. The van der Waals surface area contributed by atoms with Gasteiger partial charge in [-0.15, -0.1) is 0 Å². The monoisotopic (exact) mass is 247 g/mol. The number of rotatable bonds is 5. The lowest BCUT2D eigenvalue weighted by Gasteiger charge is -2.08. The van der Waals surface area contributed by atoms with Crippen LogP contribution < -0.4 is 15.8 Å². The van der Waals surface area contributed by atoms with Crippen LogP contribution in [-0.4, -0.2) is 28.6 Å². The molecule has 0 spiro atoms. The molecule has 0 unspecified atom stereocenters. The molecule has 0 aliphatic rings. The van der Waals surface area contributed by atoms with Crippen LogP contribution in [0.4, 0.5) is 10.1 Å². The molecule has 0 atom stereocenters. The highest BCUT2D eigenvalue weighted by Crippen LogP contribution is 2.17. The lowest BCUT2D eigenvalue weighted by atomic mass is 10.3. The van der Waals surface area contributed by atoms with Crippen molar-refractivity contribution in [2.24, 2.45) is 5.14 Å². The highest BCUT2D eigenvalue weighted by molar-refractivity contribution is 7.89. The van der Waals surface area contributed by atoms with Crippen LogP contribution in [0, 0.1) is 5.82 Å². The maximum atomic E-state index is 13.4. The maximum absolute atomic E-state index is 13.4.